The molecule has 0 saturated carbocycles. The Morgan fingerprint density at radius 1 is 1.14 bits per heavy atom. The molecule has 120 valence electrons. The number of hydrogen-bond donors (Lipinski definition) is 1. The van der Waals surface area contributed by atoms with Gasteiger partial charge in [0, 0.05) is 32.2 Å². The van der Waals surface area contributed by atoms with Crippen LogP contribution in [0.1, 0.15) is 32.8 Å². The molecule has 21 heavy (non-hydrogen) atoms. The van der Waals surface area contributed by atoms with Crippen LogP contribution in [0, 0.1) is 5.92 Å². The third kappa shape index (κ3) is 6.82. The Morgan fingerprint density at radius 3 is 2.52 bits per heavy atom. The molecule has 1 aromatic rings. The molecule has 1 N–H and O–H groups in total. The molecule has 0 aliphatic rings. The number of ether oxygens (including phenoxy) is 3. The first-order valence-electron chi connectivity index (χ1n) is 7.60. The van der Waals surface area contributed by atoms with Gasteiger partial charge in [0.05, 0.1) is 13.2 Å². The van der Waals surface area contributed by atoms with Crippen LogP contribution in [-0.4, -0.2) is 33.5 Å². The van der Waals surface area contributed by atoms with Crippen LogP contribution in [0.3, 0.4) is 0 Å². The summed E-state index contributed by atoms with van der Waals surface area (Å²) in [6, 6.07) is 5.95. The van der Waals surface area contributed by atoms with Gasteiger partial charge in [-0.2, -0.15) is 0 Å². The lowest BCUT2D eigenvalue weighted by Gasteiger charge is -2.18. The lowest BCUT2D eigenvalue weighted by molar-refractivity contribution is 0.134. The summed E-state index contributed by atoms with van der Waals surface area (Å²) in [4.78, 5) is 0. The second-order valence-corrected chi connectivity index (χ2v) is 5.71. The summed E-state index contributed by atoms with van der Waals surface area (Å²) in [5, 5.41) is 3.45. The van der Waals surface area contributed by atoms with Crippen LogP contribution in [0.2, 0.25) is 0 Å². The summed E-state index contributed by atoms with van der Waals surface area (Å²) in [5.41, 5.74) is 1.12. The molecule has 4 nitrogen and oxygen atoms in total. The second-order valence-electron chi connectivity index (χ2n) is 5.71. The van der Waals surface area contributed by atoms with E-state index in [1.165, 1.54) is 0 Å². The minimum absolute atomic E-state index is 0.127. The molecular formula is C17H29NO3. The van der Waals surface area contributed by atoms with Gasteiger partial charge in [0.15, 0.2) is 0 Å². The van der Waals surface area contributed by atoms with Crippen LogP contribution in [0.15, 0.2) is 18.2 Å². The summed E-state index contributed by atoms with van der Waals surface area (Å²) in [6.45, 7) is 8.93. The van der Waals surface area contributed by atoms with E-state index in [-0.39, 0.29) is 6.10 Å². The van der Waals surface area contributed by atoms with Gasteiger partial charge in [0.25, 0.3) is 0 Å². The van der Waals surface area contributed by atoms with E-state index in [1.807, 2.05) is 18.2 Å². The normalized spacial score (nSPS) is 12.5. The fourth-order valence-corrected chi connectivity index (χ4v) is 1.99. The SMILES string of the molecule is COCCC(C)Oc1ccc(OC)cc1CNCC(C)C. The molecule has 0 saturated heterocycles. The second kappa shape index (κ2) is 9.64. The lowest BCUT2D eigenvalue weighted by Crippen LogP contribution is -2.21. The summed E-state index contributed by atoms with van der Waals surface area (Å²) >= 11 is 0. The zero-order valence-electron chi connectivity index (χ0n) is 13.9. The fraction of sp³-hybridized carbons (Fsp3) is 0.647. The maximum atomic E-state index is 6.03. The van der Waals surface area contributed by atoms with Gasteiger partial charge in [-0.25, -0.2) is 0 Å². The van der Waals surface area contributed by atoms with Crippen molar-refractivity contribution in [2.45, 2.75) is 39.8 Å². The van der Waals surface area contributed by atoms with Crippen molar-refractivity contribution in [2.75, 3.05) is 27.4 Å². The Kier molecular flexibility index (Phi) is 8.16. The zero-order valence-corrected chi connectivity index (χ0v) is 13.9. The zero-order chi connectivity index (χ0) is 15.7. The van der Waals surface area contributed by atoms with Gasteiger partial charge < -0.3 is 19.5 Å². The number of nitrogens with one attached hydrogen (secondary N) is 1. The Labute approximate surface area is 128 Å². The topological polar surface area (TPSA) is 39.7 Å². The van der Waals surface area contributed by atoms with E-state index in [4.69, 9.17) is 14.2 Å². The number of hydrogen-bond acceptors (Lipinski definition) is 4. The van der Waals surface area contributed by atoms with Gasteiger partial charge in [-0.3, -0.25) is 0 Å². The van der Waals surface area contributed by atoms with Gasteiger partial charge in [-0.1, -0.05) is 13.8 Å². The van der Waals surface area contributed by atoms with Gasteiger partial charge in [0.2, 0.25) is 0 Å². The molecule has 0 heterocycles. The maximum Gasteiger partial charge on any atom is 0.124 e. The average Bonchev–Trinajstić information content (AvgIpc) is 2.46. The van der Waals surface area contributed by atoms with Gasteiger partial charge in [0.1, 0.15) is 11.5 Å². The van der Waals surface area contributed by atoms with Crippen LogP contribution in [-0.2, 0) is 11.3 Å². The molecule has 0 aliphatic heterocycles. The molecule has 0 radical (unpaired) electrons. The highest BCUT2D eigenvalue weighted by Gasteiger charge is 2.10. The van der Waals surface area contributed by atoms with E-state index in [0.29, 0.717) is 12.5 Å². The fourth-order valence-electron chi connectivity index (χ4n) is 1.99. The van der Waals surface area contributed by atoms with Crippen LogP contribution in [0.5, 0.6) is 11.5 Å². The number of rotatable bonds is 10. The molecule has 0 aliphatic carbocycles. The maximum absolute atomic E-state index is 6.03. The molecule has 1 aromatic carbocycles. The summed E-state index contributed by atoms with van der Waals surface area (Å²) < 4.78 is 16.4. The average molecular weight is 295 g/mol. The van der Waals surface area contributed by atoms with E-state index in [1.54, 1.807) is 14.2 Å². The summed E-state index contributed by atoms with van der Waals surface area (Å²) in [5.74, 6) is 2.39. The molecule has 0 aromatic heterocycles. The molecule has 4 heteroatoms. The van der Waals surface area contributed by atoms with Crippen LogP contribution >= 0.6 is 0 Å². The van der Waals surface area contributed by atoms with Crippen molar-refractivity contribution in [2.24, 2.45) is 5.92 Å². The van der Waals surface area contributed by atoms with Crippen LogP contribution < -0.4 is 14.8 Å². The van der Waals surface area contributed by atoms with E-state index >= 15 is 0 Å². The van der Waals surface area contributed by atoms with E-state index in [2.05, 4.69) is 26.1 Å². The Bertz CT molecular complexity index is 407. The Hall–Kier alpha value is -1.26. The molecule has 0 spiro atoms. The third-order valence-electron chi connectivity index (χ3n) is 3.19. The van der Waals surface area contributed by atoms with Crippen molar-refractivity contribution < 1.29 is 14.2 Å². The lowest BCUT2D eigenvalue weighted by atomic mass is 10.1. The van der Waals surface area contributed by atoms with Crippen molar-refractivity contribution in [1.29, 1.82) is 0 Å². The van der Waals surface area contributed by atoms with E-state index < -0.39 is 0 Å². The molecule has 0 amide bonds. The quantitative estimate of drug-likeness (QED) is 0.719. The highest BCUT2D eigenvalue weighted by Crippen LogP contribution is 2.25. The van der Waals surface area contributed by atoms with Gasteiger partial charge in [-0.05, 0) is 37.6 Å². The first-order valence-corrected chi connectivity index (χ1v) is 7.60. The smallest absolute Gasteiger partial charge is 0.124 e. The highest BCUT2D eigenvalue weighted by atomic mass is 16.5. The third-order valence-corrected chi connectivity index (χ3v) is 3.19. The van der Waals surface area contributed by atoms with Crippen LogP contribution in [0.25, 0.3) is 0 Å². The minimum Gasteiger partial charge on any atom is -0.497 e. The van der Waals surface area contributed by atoms with Crippen LogP contribution in [0.4, 0.5) is 0 Å². The molecule has 0 fully saturated rings. The summed E-state index contributed by atoms with van der Waals surface area (Å²) in [6.07, 6.45) is 1.00. The molecule has 0 bridgehead atoms. The Balaban J connectivity index is 2.71. The van der Waals surface area contributed by atoms with Crippen molar-refractivity contribution in [3.63, 3.8) is 0 Å². The summed E-state index contributed by atoms with van der Waals surface area (Å²) in [7, 11) is 3.39. The van der Waals surface area contributed by atoms with Gasteiger partial charge >= 0.3 is 0 Å². The molecule has 1 unspecified atom stereocenters. The van der Waals surface area contributed by atoms with Gasteiger partial charge in [-0.15, -0.1) is 0 Å². The monoisotopic (exact) mass is 295 g/mol. The van der Waals surface area contributed by atoms with Crippen molar-refractivity contribution in [3.8, 4) is 11.5 Å². The van der Waals surface area contributed by atoms with E-state index in [0.717, 1.165) is 36.6 Å². The standard InChI is InChI=1S/C17H29NO3/c1-13(2)11-18-12-15-10-16(20-5)6-7-17(15)21-14(3)8-9-19-4/h6-7,10,13-14,18H,8-9,11-12H2,1-5H3. The first kappa shape index (κ1) is 17.8. The van der Waals surface area contributed by atoms with E-state index in [9.17, 15) is 0 Å². The minimum atomic E-state index is 0.127. The van der Waals surface area contributed by atoms with Crippen molar-refractivity contribution in [3.05, 3.63) is 23.8 Å². The largest absolute Gasteiger partial charge is 0.497 e. The van der Waals surface area contributed by atoms with Crippen molar-refractivity contribution in [1.82, 2.24) is 5.32 Å². The number of benzene rings is 1. The molecule has 1 rings (SSSR count). The first-order chi connectivity index (χ1) is 10.1. The predicted molar refractivity (Wildman–Crippen MR) is 86.1 cm³/mol. The van der Waals surface area contributed by atoms with Crippen molar-refractivity contribution >= 4 is 0 Å². The highest BCUT2D eigenvalue weighted by molar-refractivity contribution is 5.40. The molecule has 1 atom stereocenters. The predicted octanol–water partition coefficient (Wildman–Crippen LogP) is 3.24. The number of methoxy groups -OCH3 is 2. The Morgan fingerprint density at radius 2 is 1.90 bits per heavy atom. The molecular weight excluding hydrogens is 266 g/mol.